The minimum atomic E-state index is -0.486. The van der Waals surface area contributed by atoms with Crippen molar-refractivity contribution in [3.05, 3.63) is 23.8 Å². The van der Waals surface area contributed by atoms with E-state index in [-0.39, 0.29) is 23.9 Å². The molecule has 0 aliphatic heterocycles. The second-order valence-electron chi connectivity index (χ2n) is 6.93. The van der Waals surface area contributed by atoms with E-state index in [1.54, 1.807) is 0 Å². The van der Waals surface area contributed by atoms with E-state index in [4.69, 9.17) is 4.74 Å². The molecule has 2 rings (SSSR count). The summed E-state index contributed by atoms with van der Waals surface area (Å²) in [5.74, 6) is 0.556. The second-order valence-corrected chi connectivity index (χ2v) is 6.93. The van der Waals surface area contributed by atoms with Gasteiger partial charge in [-0.3, -0.25) is 4.79 Å². The van der Waals surface area contributed by atoms with E-state index >= 15 is 0 Å². The van der Waals surface area contributed by atoms with Crippen LogP contribution >= 0.6 is 0 Å². The van der Waals surface area contributed by atoms with Crippen LogP contribution in [-0.4, -0.2) is 22.8 Å². The Labute approximate surface area is 128 Å². The van der Waals surface area contributed by atoms with Crippen molar-refractivity contribution in [1.29, 1.82) is 0 Å². The molecule has 5 atom stereocenters. The average Bonchev–Trinajstić information content (AvgIpc) is 2.45. The quantitative estimate of drug-likeness (QED) is 0.805. The Morgan fingerprint density at radius 3 is 2.81 bits per heavy atom. The third-order valence-corrected chi connectivity index (χ3v) is 4.97. The van der Waals surface area contributed by atoms with Crippen molar-refractivity contribution in [2.45, 2.75) is 65.1 Å². The smallest absolute Gasteiger partial charge is 0.309 e. The van der Waals surface area contributed by atoms with Crippen LogP contribution < -0.4 is 0 Å². The molecule has 2 aliphatic rings. The van der Waals surface area contributed by atoms with Gasteiger partial charge in [0, 0.05) is 5.92 Å². The van der Waals surface area contributed by atoms with Crippen LogP contribution in [0.5, 0.6) is 0 Å². The molecular formula is C18H28O3. The first-order valence-electron chi connectivity index (χ1n) is 8.16. The highest BCUT2D eigenvalue weighted by Crippen LogP contribution is 2.41. The Kier molecular flexibility index (Phi) is 4.92. The SMILES string of the molecule is CCC(C)C(=O)O[C@]1(C)C=CC2=C[C@H]([C@H](C)O)CC[C@H]2C1. The number of ether oxygens (including phenoxy) is 1. The number of aliphatic hydroxyl groups is 1. The van der Waals surface area contributed by atoms with E-state index in [1.807, 2.05) is 33.8 Å². The molecule has 3 nitrogen and oxygen atoms in total. The summed E-state index contributed by atoms with van der Waals surface area (Å²) in [6.45, 7) is 7.77. The molecule has 1 N–H and O–H groups in total. The zero-order valence-electron chi connectivity index (χ0n) is 13.6. The molecular weight excluding hydrogens is 264 g/mol. The Bertz CT molecular complexity index is 449. The molecule has 0 spiro atoms. The topological polar surface area (TPSA) is 46.5 Å². The summed E-state index contributed by atoms with van der Waals surface area (Å²) < 4.78 is 5.75. The third-order valence-electron chi connectivity index (χ3n) is 4.97. The molecule has 0 saturated heterocycles. The molecule has 21 heavy (non-hydrogen) atoms. The maximum atomic E-state index is 12.0. The predicted molar refractivity (Wildman–Crippen MR) is 83.7 cm³/mol. The molecule has 0 heterocycles. The normalized spacial score (nSPS) is 34.6. The highest BCUT2D eigenvalue weighted by molar-refractivity contribution is 5.72. The van der Waals surface area contributed by atoms with E-state index < -0.39 is 5.60 Å². The summed E-state index contributed by atoms with van der Waals surface area (Å²) >= 11 is 0. The van der Waals surface area contributed by atoms with E-state index in [0.29, 0.717) is 5.92 Å². The molecule has 3 heteroatoms. The first-order valence-corrected chi connectivity index (χ1v) is 8.16. The van der Waals surface area contributed by atoms with Crippen molar-refractivity contribution in [3.8, 4) is 0 Å². The molecule has 2 aliphatic carbocycles. The zero-order valence-corrected chi connectivity index (χ0v) is 13.6. The molecule has 0 saturated carbocycles. The van der Waals surface area contributed by atoms with Crippen LogP contribution in [-0.2, 0) is 9.53 Å². The van der Waals surface area contributed by atoms with Crippen LogP contribution in [0.3, 0.4) is 0 Å². The van der Waals surface area contributed by atoms with Crippen LogP contribution in [0.1, 0.15) is 53.4 Å². The van der Waals surface area contributed by atoms with Gasteiger partial charge in [0.25, 0.3) is 0 Å². The van der Waals surface area contributed by atoms with E-state index in [1.165, 1.54) is 5.57 Å². The number of aliphatic hydroxyl groups excluding tert-OH is 1. The standard InChI is InChI=1S/C18H28O3/c1-5-12(2)17(20)21-18(4)9-8-15-10-14(13(3)19)6-7-16(15)11-18/h8-10,12-14,16,19H,5-7,11H2,1-4H3/t12?,13-,14+,16-,18+/m0/s1. The van der Waals surface area contributed by atoms with E-state index in [0.717, 1.165) is 25.7 Å². The first kappa shape index (κ1) is 16.3. The van der Waals surface area contributed by atoms with Crippen molar-refractivity contribution >= 4 is 5.97 Å². The van der Waals surface area contributed by atoms with Gasteiger partial charge in [0.05, 0.1) is 12.0 Å². The molecule has 118 valence electrons. The maximum Gasteiger partial charge on any atom is 0.309 e. The summed E-state index contributed by atoms with van der Waals surface area (Å²) in [6, 6.07) is 0. The van der Waals surface area contributed by atoms with Crippen LogP contribution in [0.25, 0.3) is 0 Å². The summed E-state index contributed by atoms with van der Waals surface area (Å²) in [5, 5.41) is 9.74. The minimum absolute atomic E-state index is 0.0434. The van der Waals surface area contributed by atoms with Gasteiger partial charge in [0.15, 0.2) is 0 Å². The molecule has 0 amide bonds. The summed E-state index contributed by atoms with van der Waals surface area (Å²) in [4.78, 5) is 12.0. The molecule has 0 aromatic rings. The van der Waals surface area contributed by atoms with Gasteiger partial charge in [0.1, 0.15) is 5.60 Å². The fraction of sp³-hybridized carbons (Fsp3) is 0.722. The predicted octanol–water partition coefficient (Wildman–Crippen LogP) is 3.63. The number of hydrogen-bond acceptors (Lipinski definition) is 3. The molecule has 0 fully saturated rings. The number of carbonyl (C=O) groups excluding carboxylic acids is 1. The molecule has 0 aromatic heterocycles. The van der Waals surface area contributed by atoms with Crippen molar-refractivity contribution in [3.63, 3.8) is 0 Å². The minimum Gasteiger partial charge on any atom is -0.455 e. The van der Waals surface area contributed by atoms with Gasteiger partial charge in [-0.25, -0.2) is 0 Å². The summed E-state index contributed by atoms with van der Waals surface area (Å²) in [6.07, 6.45) is 9.74. The van der Waals surface area contributed by atoms with Crippen molar-refractivity contribution < 1.29 is 14.6 Å². The lowest BCUT2D eigenvalue weighted by atomic mass is 9.72. The lowest BCUT2D eigenvalue weighted by molar-refractivity contribution is -0.159. The monoisotopic (exact) mass is 292 g/mol. The summed E-state index contributed by atoms with van der Waals surface area (Å²) in [5.41, 5.74) is 0.810. The lowest BCUT2D eigenvalue weighted by Gasteiger charge is -2.38. The fourth-order valence-electron chi connectivity index (χ4n) is 3.22. The van der Waals surface area contributed by atoms with Crippen LogP contribution in [0, 0.1) is 17.8 Å². The number of esters is 1. The van der Waals surface area contributed by atoms with Gasteiger partial charge in [-0.15, -0.1) is 0 Å². The average molecular weight is 292 g/mol. The lowest BCUT2D eigenvalue weighted by Crippen LogP contribution is -2.37. The Hall–Kier alpha value is -1.09. The van der Waals surface area contributed by atoms with E-state index in [2.05, 4.69) is 12.2 Å². The molecule has 0 aromatic carbocycles. The maximum absolute atomic E-state index is 12.0. The van der Waals surface area contributed by atoms with Gasteiger partial charge in [-0.2, -0.15) is 0 Å². The Morgan fingerprint density at radius 2 is 2.19 bits per heavy atom. The number of fused-ring (bicyclic) bond motifs is 1. The van der Waals surface area contributed by atoms with Crippen LogP contribution in [0.15, 0.2) is 23.8 Å². The van der Waals surface area contributed by atoms with Crippen molar-refractivity contribution in [2.75, 3.05) is 0 Å². The fourth-order valence-corrected chi connectivity index (χ4v) is 3.22. The number of allylic oxidation sites excluding steroid dienone is 2. The van der Waals surface area contributed by atoms with Gasteiger partial charge >= 0.3 is 5.97 Å². The first-order chi connectivity index (χ1) is 9.84. The third kappa shape index (κ3) is 3.76. The zero-order chi connectivity index (χ0) is 15.6. The van der Waals surface area contributed by atoms with Gasteiger partial charge < -0.3 is 9.84 Å². The Balaban J connectivity index is 2.09. The largest absolute Gasteiger partial charge is 0.455 e. The molecule has 0 radical (unpaired) electrons. The molecule has 0 bridgehead atoms. The van der Waals surface area contributed by atoms with Crippen LogP contribution in [0.4, 0.5) is 0 Å². The molecule has 1 unspecified atom stereocenters. The van der Waals surface area contributed by atoms with Crippen molar-refractivity contribution in [2.24, 2.45) is 17.8 Å². The number of hydrogen-bond donors (Lipinski definition) is 1. The van der Waals surface area contributed by atoms with Gasteiger partial charge in [-0.1, -0.05) is 26.0 Å². The van der Waals surface area contributed by atoms with Crippen LogP contribution in [0.2, 0.25) is 0 Å². The second kappa shape index (κ2) is 6.35. The highest BCUT2D eigenvalue weighted by Gasteiger charge is 2.37. The highest BCUT2D eigenvalue weighted by atomic mass is 16.6. The van der Waals surface area contributed by atoms with E-state index in [9.17, 15) is 9.90 Å². The Morgan fingerprint density at radius 1 is 1.48 bits per heavy atom. The van der Waals surface area contributed by atoms with Crippen molar-refractivity contribution in [1.82, 2.24) is 0 Å². The van der Waals surface area contributed by atoms with Gasteiger partial charge in [-0.05, 0) is 57.1 Å². The van der Waals surface area contributed by atoms with Gasteiger partial charge in [0.2, 0.25) is 0 Å². The number of rotatable bonds is 4. The summed E-state index contributed by atoms with van der Waals surface area (Å²) in [7, 11) is 0. The number of carbonyl (C=O) groups is 1.